The lowest BCUT2D eigenvalue weighted by Gasteiger charge is -2.56. The number of furan rings is 1. The first-order valence-electron chi connectivity index (χ1n) is 10.9. The lowest BCUT2D eigenvalue weighted by atomic mass is 9.49. The van der Waals surface area contributed by atoms with Crippen LogP contribution in [0.15, 0.2) is 22.6 Å². The molecule has 154 valence electrons. The molecule has 1 aromatic carbocycles. The molecule has 4 saturated carbocycles. The molecular formula is C24H28O5. The molecule has 0 atom stereocenters. The second-order valence-electron chi connectivity index (χ2n) is 9.48. The van der Waals surface area contributed by atoms with Gasteiger partial charge in [0.15, 0.2) is 0 Å². The van der Waals surface area contributed by atoms with E-state index in [1.807, 2.05) is 0 Å². The Morgan fingerprint density at radius 3 is 2.38 bits per heavy atom. The Kier molecular flexibility index (Phi) is 4.45. The lowest BCUT2D eigenvalue weighted by molar-refractivity contribution is -0.142. The summed E-state index contributed by atoms with van der Waals surface area (Å²) in [7, 11) is 0. The smallest absolute Gasteiger partial charge is 0.342 e. The first-order valence-corrected chi connectivity index (χ1v) is 10.9. The third-order valence-electron chi connectivity index (χ3n) is 7.23. The van der Waals surface area contributed by atoms with Crippen LogP contribution in [0.25, 0.3) is 11.0 Å². The van der Waals surface area contributed by atoms with Gasteiger partial charge in [-0.15, -0.1) is 0 Å². The summed E-state index contributed by atoms with van der Waals surface area (Å²) in [5.41, 5.74) is 1.14. The largest absolute Gasteiger partial charge is 0.462 e. The van der Waals surface area contributed by atoms with Crippen molar-refractivity contribution in [3.8, 4) is 5.75 Å². The quantitative estimate of drug-likeness (QED) is 0.498. The predicted molar refractivity (Wildman–Crippen MR) is 108 cm³/mol. The van der Waals surface area contributed by atoms with Crippen molar-refractivity contribution in [2.24, 2.45) is 23.2 Å². The molecule has 0 radical (unpaired) electrons. The molecule has 4 fully saturated rings. The van der Waals surface area contributed by atoms with Crippen LogP contribution in [0.1, 0.15) is 68.0 Å². The minimum Gasteiger partial charge on any atom is -0.462 e. The Bertz CT molecular complexity index is 934. The average molecular weight is 396 g/mol. The summed E-state index contributed by atoms with van der Waals surface area (Å²) in [6, 6.07) is 5.20. The highest BCUT2D eigenvalue weighted by molar-refractivity contribution is 6.05. The topological polar surface area (TPSA) is 65.7 Å². The van der Waals surface area contributed by atoms with Crippen molar-refractivity contribution >= 4 is 22.9 Å². The third kappa shape index (κ3) is 3.34. The van der Waals surface area contributed by atoms with Crippen LogP contribution in [0.4, 0.5) is 0 Å². The molecule has 5 nitrogen and oxygen atoms in total. The van der Waals surface area contributed by atoms with Crippen LogP contribution >= 0.6 is 0 Å². The summed E-state index contributed by atoms with van der Waals surface area (Å²) in [5, 5.41) is 0.626. The number of carbonyl (C=O) groups excluding carboxylic acids is 2. The molecule has 2 aromatic rings. The standard InChI is InChI=1S/C24H28O5/c1-3-27-23(26)22-14(2)28-20-5-4-18(9-19(20)22)29-21(25)13-24-10-15-6-16(11-24)8-17(7-15)12-24/h4-5,9,15-17H,3,6-8,10-13H2,1-2H3. The van der Waals surface area contributed by atoms with E-state index < -0.39 is 5.97 Å². The normalized spacial score (nSPS) is 29.9. The minimum absolute atomic E-state index is 0.151. The van der Waals surface area contributed by atoms with E-state index in [0.29, 0.717) is 41.1 Å². The highest BCUT2D eigenvalue weighted by Gasteiger charge is 2.51. The van der Waals surface area contributed by atoms with Gasteiger partial charge in [-0.05, 0) is 93.7 Å². The van der Waals surface area contributed by atoms with E-state index in [4.69, 9.17) is 13.9 Å². The van der Waals surface area contributed by atoms with Gasteiger partial charge in [0, 0.05) is 5.39 Å². The van der Waals surface area contributed by atoms with Gasteiger partial charge in [0.05, 0.1) is 13.0 Å². The Hall–Kier alpha value is -2.30. The molecule has 29 heavy (non-hydrogen) atoms. The zero-order valence-corrected chi connectivity index (χ0v) is 17.2. The van der Waals surface area contributed by atoms with Crippen molar-refractivity contribution in [3.05, 3.63) is 29.5 Å². The van der Waals surface area contributed by atoms with Crippen LogP contribution < -0.4 is 4.74 Å². The van der Waals surface area contributed by atoms with E-state index in [-0.39, 0.29) is 11.4 Å². The van der Waals surface area contributed by atoms with Gasteiger partial charge in [-0.25, -0.2) is 4.79 Å². The Labute approximate surface area is 170 Å². The third-order valence-corrected chi connectivity index (χ3v) is 7.23. The highest BCUT2D eigenvalue weighted by Crippen LogP contribution is 2.61. The molecule has 0 spiro atoms. The van der Waals surface area contributed by atoms with E-state index in [0.717, 1.165) is 17.8 Å². The number of hydrogen-bond acceptors (Lipinski definition) is 5. The van der Waals surface area contributed by atoms with E-state index in [9.17, 15) is 9.59 Å². The summed E-state index contributed by atoms with van der Waals surface area (Å²) in [4.78, 5) is 25.1. The molecule has 0 N–H and O–H groups in total. The molecule has 1 aromatic heterocycles. The van der Waals surface area contributed by atoms with Gasteiger partial charge in [0.1, 0.15) is 22.7 Å². The maximum atomic E-state index is 12.8. The first kappa shape index (κ1) is 18.7. The molecule has 5 heteroatoms. The van der Waals surface area contributed by atoms with Crippen molar-refractivity contribution in [1.29, 1.82) is 0 Å². The van der Waals surface area contributed by atoms with Crippen molar-refractivity contribution in [2.75, 3.05) is 6.61 Å². The van der Waals surface area contributed by atoms with Crippen LogP contribution in [0.5, 0.6) is 5.75 Å². The Morgan fingerprint density at radius 1 is 1.10 bits per heavy atom. The van der Waals surface area contributed by atoms with Crippen molar-refractivity contribution in [3.63, 3.8) is 0 Å². The van der Waals surface area contributed by atoms with E-state index in [1.54, 1.807) is 32.0 Å². The van der Waals surface area contributed by atoms with Gasteiger partial charge in [-0.1, -0.05) is 0 Å². The zero-order chi connectivity index (χ0) is 20.2. The lowest BCUT2D eigenvalue weighted by Crippen LogP contribution is -2.47. The second kappa shape index (κ2) is 6.89. The van der Waals surface area contributed by atoms with E-state index in [1.165, 1.54) is 38.5 Å². The summed E-state index contributed by atoms with van der Waals surface area (Å²) < 4.78 is 16.6. The highest BCUT2D eigenvalue weighted by atomic mass is 16.5. The number of benzene rings is 1. The number of aryl methyl sites for hydroxylation is 1. The number of rotatable bonds is 5. The van der Waals surface area contributed by atoms with Gasteiger partial charge >= 0.3 is 11.9 Å². The fourth-order valence-electron chi connectivity index (χ4n) is 6.70. The summed E-state index contributed by atoms with van der Waals surface area (Å²) in [6.07, 6.45) is 8.14. The van der Waals surface area contributed by atoms with Gasteiger partial charge in [-0.3, -0.25) is 4.79 Å². The Morgan fingerprint density at radius 2 is 1.76 bits per heavy atom. The van der Waals surface area contributed by atoms with Crippen LogP contribution in [0, 0.1) is 30.1 Å². The maximum Gasteiger partial charge on any atom is 0.342 e. The molecule has 0 saturated heterocycles. The monoisotopic (exact) mass is 396 g/mol. The van der Waals surface area contributed by atoms with Gasteiger partial charge in [0.2, 0.25) is 0 Å². The fourth-order valence-corrected chi connectivity index (χ4v) is 6.70. The SMILES string of the molecule is CCOC(=O)c1c(C)oc2ccc(OC(=O)CC34CC5CC(CC(C5)C3)C4)cc12. The van der Waals surface area contributed by atoms with Crippen LogP contribution in [-0.2, 0) is 9.53 Å². The molecule has 4 bridgehead atoms. The van der Waals surface area contributed by atoms with Crippen molar-refractivity contribution in [1.82, 2.24) is 0 Å². The molecule has 1 heterocycles. The van der Waals surface area contributed by atoms with Gasteiger partial charge in [0.25, 0.3) is 0 Å². The molecule has 0 aliphatic heterocycles. The maximum absolute atomic E-state index is 12.8. The van der Waals surface area contributed by atoms with E-state index >= 15 is 0 Å². The Balaban J connectivity index is 1.34. The average Bonchev–Trinajstić information content (AvgIpc) is 2.95. The van der Waals surface area contributed by atoms with Crippen LogP contribution in [0.3, 0.4) is 0 Å². The van der Waals surface area contributed by atoms with Crippen molar-refractivity contribution < 1.29 is 23.5 Å². The van der Waals surface area contributed by atoms with Gasteiger partial charge in [-0.2, -0.15) is 0 Å². The number of carbonyl (C=O) groups is 2. The zero-order valence-electron chi connectivity index (χ0n) is 17.2. The molecular weight excluding hydrogens is 368 g/mol. The number of esters is 2. The first-order chi connectivity index (χ1) is 13.9. The summed E-state index contributed by atoms with van der Waals surface area (Å²) in [6.45, 7) is 3.81. The molecule has 0 amide bonds. The summed E-state index contributed by atoms with van der Waals surface area (Å²) >= 11 is 0. The van der Waals surface area contributed by atoms with Crippen LogP contribution in [0.2, 0.25) is 0 Å². The molecule has 0 unspecified atom stereocenters. The second-order valence-corrected chi connectivity index (χ2v) is 9.48. The predicted octanol–water partition coefficient (Wildman–Crippen LogP) is 5.43. The van der Waals surface area contributed by atoms with Crippen molar-refractivity contribution in [2.45, 2.75) is 58.8 Å². The molecule has 4 aliphatic carbocycles. The van der Waals surface area contributed by atoms with Gasteiger partial charge < -0.3 is 13.9 Å². The molecule has 6 rings (SSSR count). The summed E-state index contributed by atoms with van der Waals surface area (Å²) in [5.74, 6) is 2.82. The molecule has 4 aliphatic rings. The minimum atomic E-state index is -0.416. The van der Waals surface area contributed by atoms with Crippen LogP contribution in [-0.4, -0.2) is 18.5 Å². The number of ether oxygens (including phenoxy) is 2. The fraction of sp³-hybridized carbons (Fsp3) is 0.583. The van der Waals surface area contributed by atoms with E-state index in [2.05, 4.69) is 0 Å². The number of fused-ring (bicyclic) bond motifs is 1. The number of hydrogen-bond donors (Lipinski definition) is 0.